The molecule has 0 bridgehead atoms. The Morgan fingerprint density at radius 3 is 2.50 bits per heavy atom. The molecule has 0 aliphatic carbocycles. The molecule has 0 aliphatic heterocycles. The second kappa shape index (κ2) is 7.64. The Balaban J connectivity index is 1.93. The van der Waals surface area contributed by atoms with E-state index in [-0.39, 0.29) is 18.6 Å². The summed E-state index contributed by atoms with van der Waals surface area (Å²) in [5, 5.41) is 3.02. The van der Waals surface area contributed by atoms with E-state index < -0.39 is 0 Å². The Labute approximate surface area is 132 Å². The minimum atomic E-state index is -0.100. The highest BCUT2D eigenvalue weighted by Crippen LogP contribution is 2.20. The second-order valence-electron chi connectivity index (χ2n) is 5.43. The number of hydrogen-bond donors (Lipinski definition) is 1. The van der Waals surface area contributed by atoms with Crippen molar-refractivity contribution in [1.29, 1.82) is 0 Å². The van der Waals surface area contributed by atoms with Crippen molar-refractivity contribution in [2.75, 3.05) is 6.61 Å². The van der Waals surface area contributed by atoms with Crippen LogP contribution in [0.3, 0.4) is 0 Å². The lowest BCUT2D eigenvalue weighted by atomic mass is 10.0. The number of nitrogens with one attached hydrogen (secondary N) is 1. The smallest absolute Gasteiger partial charge is 0.258 e. The number of carbonyl (C=O) groups excluding carboxylic acids is 1. The molecule has 3 heteroatoms. The molecule has 1 amide bonds. The summed E-state index contributed by atoms with van der Waals surface area (Å²) in [6.45, 7) is 6.13. The third kappa shape index (κ3) is 4.10. The van der Waals surface area contributed by atoms with E-state index in [9.17, 15) is 4.79 Å². The van der Waals surface area contributed by atoms with E-state index in [0.29, 0.717) is 0 Å². The predicted molar refractivity (Wildman–Crippen MR) is 89.0 cm³/mol. The zero-order valence-corrected chi connectivity index (χ0v) is 13.4. The summed E-state index contributed by atoms with van der Waals surface area (Å²) in [6.07, 6.45) is 0.846. The van der Waals surface area contributed by atoms with Gasteiger partial charge in [0.2, 0.25) is 0 Å². The van der Waals surface area contributed by atoms with Gasteiger partial charge < -0.3 is 10.1 Å². The molecule has 0 radical (unpaired) electrons. The van der Waals surface area contributed by atoms with Crippen LogP contribution in [0.1, 0.15) is 36.1 Å². The molecule has 0 saturated carbocycles. The van der Waals surface area contributed by atoms with Crippen LogP contribution in [-0.4, -0.2) is 12.5 Å². The van der Waals surface area contributed by atoms with Gasteiger partial charge in [-0.2, -0.15) is 0 Å². The minimum absolute atomic E-state index is 0.0240. The molecule has 0 fully saturated rings. The predicted octanol–water partition coefficient (Wildman–Crippen LogP) is 3.95. The first-order valence-corrected chi connectivity index (χ1v) is 7.65. The standard InChI is InChI=1S/C19H23NO2/c1-4-17(16-10-6-5-7-11-16)20-19(21)13-22-18-12-8-9-14(2)15(18)3/h5-12,17H,4,13H2,1-3H3,(H,20,21). The van der Waals surface area contributed by atoms with E-state index in [0.717, 1.165) is 28.9 Å². The highest BCUT2D eigenvalue weighted by atomic mass is 16.5. The minimum Gasteiger partial charge on any atom is -0.483 e. The molecule has 0 saturated heterocycles. The first-order chi connectivity index (χ1) is 10.6. The summed E-state index contributed by atoms with van der Waals surface area (Å²) >= 11 is 0. The molecule has 2 rings (SSSR count). The van der Waals surface area contributed by atoms with Gasteiger partial charge in [-0.25, -0.2) is 0 Å². The Kier molecular flexibility index (Phi) is 5.59. The maximum atomic E-state index is 12.1. The van der Waals surface area contributed by atoms with E-state index in [2.05, 4.69) is 12.2 Å². The average Bonchev–Trinajstić information content (AvgIpc) is 2.55. The lowest BCUT2D eigenvalue weighted by molar-refractivity contribution is -0.123. The Hall–Kier alpha value is -2.29. The third-order valence-electron chi connectivity index (χ3n) is 3.86. The molecule has 1 N–H and O–H groups in total. The first kappa shape index (κ1) is 16.1. The largest absolute Gasteiger partial charge is 0.483 e. The zero-order chi connectivity index (χ0) is 15.9. The third-order valence-corrected chi connectivity index (χ3v) is 3.86. The lowest BCUT2D eigenvalue weighted by Crippen LogP contribution is -2.32. The van der Waals surface area contributed by atoms with Gasteiger partial charge in [-0.15, -0.1) is 0 Å². The van der Waals surface area contributed by atoms with E-state index >= 15 is 0 Å². The molecular weight excluding hydrogens is 274 g/mol. The monoisotopic (exact) mass is 297 g/mol. The Morgan fingerprint density at radius 2 is 1.82 bits per heavy atom. The molecule has 22 heavy (non-hydrogen) atoms. The molecule has 116 valence electrons. The second-order valence-corrected chi connectivity index (χ2v) is 5.43. The van der Waals surface area contributed by atoms with Gasteiger partial charge in [-0.05, 0) is 43.0 Å². The molecule has 2 aromatic carbocycles. The quantitative estimate of drug-likeness (QED) is 0.876. The summed E-state index contributed by atoms with van der Waals surface area (Å²) in [6, 6.07) is 15.9. The molecule has 1 atom stereocenters. The number of carbonyl (C=O) groups is 1. The van der Waals surface area contributed by atoms with Crippen molar-refractivity contribution in [2.24, 2.45) is 0 Å². The van der Waals surface area contributed by atoms with Crippen LogP contribution in [0.4, 0.5) is 0 Å². The van der Waals surface area contributed by atoms with Crippen LogP contribution < -0.4 is 10.1 Å². The summed E-state index contributed by atoms with van der Waals surface area (Å²) in [4.78, 5) is 12.1. The number of rotatable bonds is 6. The van der Waals surface area contributed by atoms with Gasteiger partial charge in [-0.3, -0.25) is 4.79 Å². The molecule has 0 aliphatic rings. The highest BCUT2D eigenvalue weighted by Gasteiger charge is 2.13. The maximum absolute atomic E-state index is 12.1. The number of benzene rings is 2. The molecule has 0 heterocycles. The summed E-state index contributed by atoms with van der Waals surface area (Å²) < 4.78 is 5.65. The van der Waals surface area contributed by atoms with Crippen LogP contribution in [0.25, 0.3) is 0 Å². The van der Waals surface area contributed by atoms with Crippen LogP contribution in [-0.2, 0) is 4.79 Å². The van der Waals surface area contributed by atoms with E-state index in [1.165, 1.54) is 0 Å². The first-order valence-electron chi connectivity index (χ1n) is 7.65. The van der Waals surface area contributed by atoms with Gasteiger partial charge >= 0.3 is 0 Å². The molecular formula is C19H23NO2. The van der Waals surface area contributed by atoms with Gasteiger partial charge in [0.25, 0.3) is 5.91 Å². The van der Waals surface area contributed by atoms with Crippen molar-refractivity contribution < 1.29 is 9.53 Å². The van der Waals surface area contributed by atoms with Crippen molar-refractivity contribution in [3.8, 4) is 5.75 Å². The van der Waals surface area contributed by atoms with Gasteiger partial charge in [-0.1, -0.05) is 49.4 Å². The normalized spacial score (nSPS) is 11.8. The van der Waals surface area contributed by atoms with Crippen LogP contribution in [0.2, 0.25) is 0 Å². The molecule has 0 aromatic heterocycles. The fourth-order valence-electron chi connectivity index (χ4n) is 2.37. The average molecular weight is 297 g/mol. The molecule has 3 nitrogen and oxygen atoms in total. The van der Waals surface area contributed by atoms with Gasteiger partial charge in [0.05, 0.1) is 6.04 Å². The summed E-state index contributed by atoms with van der Waals surface area (Å²) in [7, 11) is 0. The fourth-order valence-corrected chi connectivity index (χ4v) is 2.37. The molecule has 2 aromatic rings. The maximum Gasteiger partial charge on any atom is 0.258 e. The van der Waals surface area contributed by atoms with Crippen molar-refractivity contribution in [1.82, 2.24) is 5.32 Å². The summed E-state index contributed by atoms with van der Waals surface area (Å²) in [5.74, 6) is 0.666. The molecule has 0 spiro atoms. The van der Waals surface area contributed by atoms with E-state index in [1.54, 1.807) is 0 Å². The lowest BCUT2D eigenvalue weighted by Gasteiger charge is -2.18. The SMILES string of the molecule is CCC(NC(=O)COc1cccc(C)c1C)c1ccccc1. The number of ether oxygens (including phenoxy) is 1. The van der Waals surface area contributed by atoms with E-state index in [1.807, 2.05) is 62.4 Å². The Morgan fingerprint density at radius 1 is 1.09 bits per heavy atom. The van der Waals surface area contributed by atoms with Crippen molar-refractivity contribution >= 4 is 5.91 Å². The van der Waals surface area contributed by atoms with Crippen LogP contribution in [0, 0.1) is 13.8 Å². The number of amides is 1. The van der Waals surface area contributed by atoms with Gasteiger partial charge in [0.15, 0.2) is 6.61 Å². The van der Waals surface area contributed by atoms with Crippen molar-refractivity contribution in [3.05, 3.63) is 65.2 Å². The van der Waals surface area contributed by atoms with E-state index in [4.69, 9.17) is 4.74 Å². The number of hydrogen-bond acceptors (Lipinski definition) is 2. The fraction of sp³-hybridized carbons (Fsp3) is 0.316. The molecule has 1 unspecified atom stereocenters. The number of aryl methyl sites for hydroxylation is 1. The van der Waals surface area contributed by atoms with Crippen LogP contribution in [0.15, 0.2) is 48.5 Å². The summed E-state index contributed by atoms with van der Waals surface area (Å²) in [5.41, 5.74) is 3.35. The van der Waals surface area contributed by atoms with Crippen LogP contribution in [0.5, 0.6) is 5.75 Å². The van der Waals surface area contributed by atoms with Gasteiger partial charge in [0.1, 0.15) is 5.75 Å². The van der Waals surface area contributed by atoms with Crippen molar-refractivity contribution in [3.63, 3.8) is 0 Å². The van der Waals surface area contributed by atoms with Gasteiger partial charge in [0, 0.05) is 0 Å². The van der Waals surface area contributed by atoms with Crippen molar-refractivity contribution in [2.45, 2.75) is 33.2 Å². The zero-order valence-electron chi connectivity index (χ0n) is 13.4. The highest BCUT2D eigenvalue weighted by molar-refractivity contribution is 5.78. The van der Waals surface area contributed by atoms with Crippen LogP contribution >= 0.6 is 0 Å². The Bertz CT molecular complexity index is 623. The topological polar surface area (TPSA) is 38.3 Å².